The van der Waals surface area contributed by atoms with E-state index in [-0.39, 0.29) is 98.6 Å². The van der Waals surface area contributed by atoms with E-state index in [0.717, 1.165) is 60.0 Å². The Balaban J connectivity index is 0.838. The number of nitrogens with one attached hydrogen (secondary N) is 3. The van der Waals surface area contributed by atoms with Gasteiger partial charge in [-0.1, -0.05) is 38.1 Å². The summed E-state index contributed by atoms with van der Waals surface area (Å²) < 4.78 is 101. The second kappa shape index (κ2) is 18.8. The number of H-pyrrole nitrogens is 1. The fourth-order valence-electron chi connectivity index (χ4n) is 13.0. The molecule has 1 amide bonds. The molecular weight excluding hydrogens is 994 g/mol. The van der Waals surface area contributed by atoms with Crippen LogP contribution < -0.4 is 29.3 Å². The zero-order valence-electron chi connectivity index (χ0n) is 41.9. The van der Waals surface area contributed by atoms with Crippen LogP contribution in [-0.2, 0) is 19.5 Å². The van der Waals surface area contributed by atoms with Crippen LogP contribution in [0.2, 0.25) is 0 Å². The molecule has 17 nitrogen and oxygen atoms in total. The molecule has 4 saturated heterocycles. The van der Waals surface area contributed by atoms with Gasteiger partial charge in [0.25, 0.3) is 27.5 Å². The van der Waals surface area contributed by atoms with E-state index in [4.69, 9.17) is 23.9 Å². The number of ether oxygens (including phenoxy) is 4. The Morgan fingerprint density at radius 3 is 2.47 bits per heavy atom. The van der Waals surface area contributed by atoms with Crippen molar-refractivity contribution in [3.05, 3.63) is 99.7 Å². The molecular formula is C54H61F3N8O9S. The van der Waals surface area contributed by atoms with E-state index in [1.807, 2.05) is 47.4 Å². The average molecular weight is 1060 g/mol. The first-order valence-corrected chi connectivity index (χ1v) is 27.6. The molecule has 1 aliphatic carbocycles. The molecule has 3 N–H and O–H groups in total. The molecule has 5 aromatic rings. The maximum atomic E-state index is 16.0. The highest BCUT2D eigenvalue weighted by molar-refractivity contribution is 7.90. The predicted molar refractivity (Wildman–Crippen MR) is 274 cm³/mol. The van der Waals surface area contributed by atoms with Crippen molar-refractivity contribution >= 4 is 55.4 Å². The molecule has 0 radical (unpaired) electrons. The van der Waals surface area contributed by atoms with Crippen LogP contribution in [0.1, 0.15) is 105 Å². The number of anilines is 4. The number of alkyl halides is 3. The third-order valence-corrected chi connectivity index (χ3v) is 18.5. The van der Waals surface area contributed by atoms with Crippen LogP contribution in [0, 0.1) is 15.5 Å². The van der Waals surface area contributed by atoms with Gasteiger partial charge in [-0.2, -0.15) is 4.98 Å². The molecule has 1 saturated carbocycles. The topological polar surface area (TPSA) is 194 Å². The number of halogens is 3. The van der Waals surface area contributed by atoms with E-state index in [1.165, 1.54) is 0 Å². The number of aromatic nitrogens is 2. The first-order chi connectivity index (χ1) is 36.0. The molecule has 7 aliphatic rings. The second-order valence-corrected chi connectivity index (χ2v) is 23.6. The molecule has 75 heavy (non-hydrogen) atoms. The number of fused-ring (bicyclic) bond motifs is 4. The smallest absolute Gasteiger partial charge is 0.297 e. The molecule has 12 rings (SSSR count). The van der Waals surface area contributed by atoms with E-state index in [1.54, 1.807) is 12.3 Å². The average Bonchev–Trinajstić information content (AvgIpc) is 3.85. The highest BCUT2D eigenvalue weighted by atomic mass is 32.2. The Kier molecular flexibility index (Phi) is 12.5. The SMILES string of the molecule is CC(C)c1ccccc1[C@@H]1CC(F)(F)CCN1C1CC2(CCN(c3ccc(C(=O)NS(=O)(=O)c4cc5c(c([N+](=O)[O-])c4)N[C@H](C4(F)CCOCC4)CO5)c(N4c5cc6cc[nH]c6nc5O[C@H]5COCC[C@@H]54)c3)CC2)C1. The molecule has 0 unspecified atom stereocenters. The molecule has 2 aromatic heterocycles. The second-order valence-electron chi connectivity index (χ2n) is 21.9. The monoisotopic (exact) mass is 1050 g/mol. The van der Waals surface area contributed by atoms with Crippen molar-refractivity contribution in [2.45, 2.75) is 124 Å². The van der Waals surface area contributed by atoms with Gasteiger partial charge in [0.05, 0.1) is 39.8 Å². The van der Waals surface area contributed by atoms with Gasteiger partial charge in [-0.05, 0) is 84.9 Å². The fraction of sp³-hybridized carbons (Fsp3) is 0.519. The van der Waals surface area contributed by atoms with Crippen LogP contribution in [-0.4, -0.2) is 123 Å². The van der Waals surface area contributed by atoms with E-state index in [2.05, 4.69) is 44.7 Å². The first-order valence-electron chi connectivity index (χ1n) is 26.2. The molecule has 21 heteroatoms. The molecule has 4 atom stereocenters. The van der Waals surface area contributed by atoms with E-state index < -0.39 is 55.2 Å². The lowest BCUT2D eigenvalue weighted by Crippen LogP contribution is -2.58. The summed E-state index contributed by atoms with van der Waals surface area (Å²) in [6, 6.07) is 17.7. The molecule has 0 bridgehead atoms. The summed E-state index contributed by atoms with van der Waals surface area (Å²) in [5, 5.41) is 16.2. The molecule has 1 spiro atoms. The number of hydrogen-bond donors (Lipinski definition) is 3. The quantitative estimate of drug-likeness (QED) is 0.0885. The number of hydrogen-bond acceptors (Lipinski definition) is 14. The number of nitrogens with zero attached hydrogens (tertiary/aromatic N) is 5. The van der Waals surface area contributed by atoms with Crippen LogP contribution in [0.15, 0.2) is 77.8 Å². The number of benzene rings is 3. The van der Waals surface area contributed by atoms with Crippen LogP contribution >= 0.6 is 0 Å². The summed E-state index contributed by atoms with van der Waals surface area (Å²) in [6.07, 6.45) is 5.16. The van der Waals surface area contributed by atoms with Crippen LogP contribution in [0.3, 0.4) is 0 Å². The van der Waals surface area contributed by atoms with Gasteiger partial charge in [0.1, 0.15) is 29.7 Å². The Morgan fingerprint density at radius 1 is 0.907 bits per heavy atom. The van der Waals surface area contributed by atoms with Crippen molar-refractivity contribution in [1.82, 2.24) is 19.6 Å². The lowest BCUT2D eigenvalue weighted by atomic mass is 9.59. The molecule has 3 aromatic carbocycles. The summed E-state index contributed by atoms with van der Waals surface area (Å²) in [7, 11) is -4.81. The minimum absolute atomic E-state index is 0.0172. The molecule has 6 aliphatic heterocycles. The maximum absolute atomic E-state index is 16.0. The predicted octanol–water partition coefficient (Wildman–Crippen LogP) is 9.31. The van der Waals surface area contributed by atoms with Crippen molar-refractivity contribution < 1.29 is 50.3 Å². The third kappa shape index (κ3) is 9.09. The number of rotatable bonds is 10. The number of likely N-dealkylation sites (tertiary alicyclic amines) is 1. The number of piperidine rings is 2. The minimum Gasteiger partial charge on any atom is -0.489 e. The number of pyridine rings is 1. The van der Waals surface area contributed by atoms with Gasteiger partial charge in [0.2, 0.25) is 5.88 Å². The van der Waals surface area contributed by atoms with Crippen molar-refractivity contribution in [2.75, 3.05) is 67.8 Å². The summed E-state index contributed by atoms with van der Waals surface area (Å²) in [5.41, 5.74) is 2.00. The summed E-state index contributed by atoms with van der Waals surface area (Å²) in [4.78, 5) is 40.5. The number of carbonyl (C=O) groups excluding carboxylic acids is 1. The largest absolute Gasteiger partial charge is 0.489 e. The third-order valence-electron chi connectivity index (χ3n) is 17.2. The van der Waals surface area contributed by atoms with Gasteiger partial charge in [-0.25, -0.2) is 26.3 Å². The maximum Gasteiger partial charge on any atom is 0.297 e. The number of aromatic amines is 1. The van der Waals surface area contributed by atoms with Crippen LogP contribution in [0.25, 0.3) is 11.0 Å². The van der Waals surface area contributed by atoms with Crippen LogP contribution in [0.5, 0.6) is 11.6 Å². The van der Waals surface area contributed by atoms with Gasteiger partial charge < -0.3 is 39.0 Å². The number of nitro benzene ring substituents is 1. The lowest BCUT2D eigenvalue weighted by Gasteiger charge is -2.58. The van der Waals surface area contributed by atoms with E-state index >= 15 is 13.2 Å². The Hall–Kier alpha value is -6.16. The van der Waals surface area contributed by atoms with Crippen molar-refractivity contribution in [2.24, 2.45) is 5.41 Å². The van der Waals surface area contributed by atoms with Crippen molar-refractivity contribution in [3.8, 4) is 11.6 Å². The normalized spacial score (nSPS) is 25.3. The van der Waals surface area contributed by atoms with Gasteiger partial charge >= 0.3 is 0 Å². The number of amides is 1. The van der Waals surface area contributed by atoms with E-state index in [0.29, 0.717) is 55.6 Å². The zero-order chi connectivity index (χ0) is 52.0. The summed E-state index contributed by atoms with van der Waals surface area (Å²) in [6.45, 7) is 6.76. The van der Waals surface area contributed by atoms with Gasteiger partial charge in [0.15, 0.2) is 11.4 Å². The number of sulfonamides is 1. The fourth-order valence-corrected chi connectivity index (χ4v) is 14.0. The highest BCUT2D eigenvalue weighted by Gasteiger charge is 2.53. The Bertz CT molecular complexity index is 3160. The first kappa shape index (κ1) is 49.7. The molecule has 398 valence electrons. The Morgan fingerprint density at radius 2 is 1.69 bits per heavy atom. The van der Waals surface area contributed by atoms with Gasteiger partial charge in [-0.3, -0.25) is 19.8 Å². The summed E-state index contributed by atoms with van der Waals surface area (Å²) in [5.74, 6) is -3.36. The van der Waals surface area contributed by atoms with Crippen molar-refractivity contribution in [3.63, 3.8) is 0 Å². The molecule has 8 heterocycles. The van der Waals surface area contributed by atoms with Gasteiger partial charge in [-0.15, -0.1) is 0 Å². The van der Waals surface area contributed by atoms with Gasteiger partial charge in [0, 0.05) is 107 Å². The van der Waals surface area contributed by atoms with Crippen LogP contribution in [0.4, 0.5) is 41.6 Å². The number of carbonyl (C=O) groups is 1. The summed E-state index contributed by atoms with van der Waals surface area (Å²) >= 11 is 0. The highest BCUT2D eigenvalue weighted by Crippen LogP contribution is 2.56. The zero-order valence-corrected chi connectivity index (χ0v) is 42.7. The molecule has 5 fully saturated rings. The minimum atomic E-state index is -4.81. The Labute approximate surface area is 432 Å². The standard InChI is InChI=1S/C54H61F3N8O9S/c1-32(2)37-5-3-4-6-38(37)44-29-54(56,57)13-19-63(44)35-27-52(28-35)11-17-62(18-12-52)34-7-8-39(41(24-34)64-40-10-20-72-30-46(40)74-51-43(64)23-33-9-16-58-49(33)60-51)50(66)61-75(69,70)36-25-42(65(67)68)48-45(26-36)73-31-47(59-48)53(55)14-21-71-22-15-53/h3-9,16,23-26,32,35,40,44,46-47,59H,10-15,17-22,27-31H2,1-2H3,(H,58,60)(H,61,66)/t40-,44-,46-,47-/m0/s1. The van der Waals surface area contributed by atoms with E-state index in [9.17, 15) is 23.3 Å². The van der Waals surface area contributed by atoms with Crippen molar-refractivity contribution in [1.29, 1.82) is 0 Å². The lowest BCUT2D eigenvalue weighted by molar-refractivity contribution is -0.384. The number of nitro groups is 1.